The normalized spacial score (nSPS) is 17.5. The molecule has 0 saturated heterocycles. The smallest absolute Gasteiger partial charge is 0.169 e. The predicted molar refractivity (Wildman–Crippen MR) is 165 cm³/mol. The van der Waals surface area contributed by atoms with Crippen LogP contribution in [0.15, 0.2) is 66.7 Å². The molecule has 0 unspecified atom stereocenters. The zero-order valence-corrected chi connectivity index (χ0v) is 24.8. The third-order valence-corrected chi connectivity index (χ3v) is 8.46. The van der Waals surface area contributed by atoms with Gasteiger partial charge in [0.25, 0.3) is 0 Å². The van der Waals surface area contributed by atoms with E-state index in [-0.39, 0.29) is 23.6 Å². The molecule has 43 heavy (non-hydrogen) atoms. The van der Waals surface area contributed by atoms with Crippen molar-refractivity contribution in [3.63, 3.8) is 0 Å². The lowest BCUT2D eigenvalue weighted by molar-refractivity contribution is 0.352. The number of benzene rings is 4. The van der Waals surface area contributed by atoms with Gasteiger partial charge in [-0.2, -0.15) is 0 Å². The van der Waals surface area contributed by atoms with Crippen molar-refractivity contribution in [2.75, 3.05) is 34.4 Å². The van der Waals surface area contributed by atoms with E-state index < -0.39 is 0 Å². The Hall–Kier alpha value is -4.40. The third-order valence-electron chi connectivity index (χ3n) is 8.46. The van der Waals surface area contributed by atoms with Crippen LogP contribution in [0.3, 0.4) is 0 Å². The number of phenols is 2. The molecule has 0 saturated carbocycles. The summed E-state index contributed by atoms with van der Waals surface area (Å²) in [6, 6.07) is 21.5. The molecule has 0 bridgehead atoms. The number of phenolic OH excluding ortho intramolecular Hbond substituents is 2. The van der Waals surface area contributed by atoms with E-state index >= 15 is 0 Å². The number of rotatable bonds is 9. The molecule has 8 nitrogen and oxygen atoms in total. The first kappa shape index (κ1) is 28.7. The van der Waals surface area contributed by atoms with Gasteiger partial charge in [-0.1, -0.05) is 18.2 Å². The van der Waals surface area contributed by atoms with Gasteiger partial charge in [-0.3, -0.25) is 0 Å². The zero-order valence-electron chi connectivity index (χ0n) is 24.8. The van der Waals surface area contributed by atoms with Crippen LogP contribution in [0.1, 0.15) is 45.5 Å². The number of hydrogen-bond donors (Lipinski definition) is 4. The number of fused-ring (bicyclic) bond motifs is 2. The molecular weight excluding hydrogens is 544 g/mol. The van der Waals surface area contributed by atoms with Gasteiger partial charge in [-0.05, 0) is 121 Å². The van der Waals surface area contributed by atoms with Crippen molar-refractivity contribution in [2.24, 2.45) is 0 Å². The number of aromatic hydroxyl groups is 2. The van der Waals surface area contributed by atoms with Crippen LogP contribution in [-0.2, 0) is 25.7 Å². The molecule has 0 aliphatic carbocycles. The lowest BCUT2D eigenvalue weighted by Gasteiger charge is -2.28. The maximum Gasteiger partial charge on any atom is 0.169 e. The minimum atomic E-state index is 0.0904. The van der Waals surface area contributed by atoms with Crippen molar-refractivity contribution in [2.45, 2.75) is 37.8 Å². The Bertz CT molecular complexity index is 1600. The quantitative estimate of drug-likeness (QED) is 0.197. The summed E-state index contributed by atoms with van der Waals surface area (Å²) in [4.78, 5) is 0. The van der Waals surface area contributed by atoms with Crippen molar-refractivity contribution >= 4 is 0 Å². The van der Waals surface area contributed by atoms with Crippen molar-refractivity contribution < 1.29 is 29.2 Å². The maximum atomic E-state index is 10.6. The van der Waals surface area contributed by atoms with Crippen LogP contribution in [0.25, 0.3) is 0 Å². The first-order valence-corrected chi connectivity index (χ1v) is 14.7. The van der Waals surface area contributed by atoms with Crippen LogP contribution in [0.4, 0.5) is 0 Å². The van der Waals surface area contributed by atoms with E-state index in [0.717, 1.165) is 67.0 Å². The van der Waals surface area contributed by atoms with Gasteiger partial charge in [0.15, 0.2) is 34.5 Å². The molecule has 2 atom stereocenters. The SMILES string of the molecule is COc1cc2c(cc1O)[C@@H](Cc1ccc(Oc3cc(C[C@H]4NCCc5cc(OC)c(OC)cc54)ccc3O)cc1)NCC2. The van der Waals surface area contributed by atoms with Gasteiger partial charge < -0.3 is 39.8 Å². The van der Waals surface area contributed by atoms with Gasteiger partial charge in [0, 0.05) is 12.1 Å². The molecule has 6 rings (SSSR count). The first-order chi connectivity index (χ1) is 20.9. The highest BCUT2D eigenvalue weighted by atomic mass is 16.5. The zero-order chi connectivity index (χ0) is 29.9. The summed E-state index contributed by atoms with van der Waals surface area (Å²) in [5.41, 5.74) is 6.92. The second-order valence-corrected chi connectivity index (χ2v) is 11.1. The van der Waals surface area contributed by atoms with E-state index in [9.17, 15) is 10.2 Å². The summed E-state index contributed by atoms with van der Waals surface area (Å²) in [5, 5.41) is 28.1. The molecule has 2 aliphatic rings. The van der Waals surface area contributed by atoms with Crippen LogP contribution in [0.5, 0.6) is 40.2 Å². The minimum absolute atomic E-state index is 0.0904. The summed E-state index contributed by atoms with van der Waals surface area (Å²) in [6.07, 6.45) is 3.32. The highest BCUT2D eigenvalue weighted by Crippen LogP contribution is 2.39. The van der Waals surface area contributed by atoms with Gasteiger partial charge in [-0.15, -0.1) is 0 Å². The fraction of sp³-hybridized carbons (Fsp3) is 0.314. The topological polar surface area (TPSA) is 101 Å². The highest BCUT2D eigenvalue weighted by molar-refractivity contribution is 5.51. The summed E-state index contributed by atoms with van der Waals surface area (Å²) in [7, 11) is 4.88. The van der Waals surface area contributed by atoms with Gasteiger partial charge in [-0.25, -0.2) is 0 Å². The molecule has 4 N–H and O–H groups in total. The molecule has 4 aromatic rings. The molecule has 2 heterocycles. The Morgan fingerprint density at radius 1 is 0.605 bits per heavy atom. The monoisotopic (exact) mass is 582 g/mol. The van der Waals surface area contributed by atoms with Crippen molar-refractivity contribution in [1.29, 1.82) is 0 Å². The Labute approximate surface area is 252 Å². The molecule has 0 fully saturated rings. The highest BCUT2D eigenvalue weighted by Gasteiger charge is 2.24. The van der Waals surface area contributed by atoms with Gasteiger partial charge in [0.05, 0.1) is 21.3 Å². The molecule has 4 aromatic carbocycles. The first-order valence-electron chi connectivity index (χ1n) is 14.7. The average molecular weight is 583 g/mol. The minimum Gasteiger partial charge on any atom is -0.504 e. The van der Waals surface area contributed by atoms with E-state index in [1.54, 1.807) is 27.4 Å². The Morgan fingerprint density at radius 2 is 1.16 bits per heavy atom. The van der Waals surface area contributed by atoms with Crippen molar-refractivity contribution in [3.05, 3.63) is 100 Å². The largest absolute Gasteiger partial charge is 0.504 e. The number of hydrogen-bond acceptors (Lipinski definition) is 8. The second kappa shape index (κ2) is 12.5. The van der Waals surface area contributed by atoms with E-state index in [1.165, 1.54) is 16.7 Å². The molecule has 224 valence electrons. The van der Waals surface area contributed by atoms with Crippen LogP contribution in [0.2, 0.25) is 0 Å². The number of methoxy groups -OCH3 is 3. The fourth-order valence-corrected chi connectivity index (χ4v) is 6.21. The van der Waals surface area contributed by atoms with Crippen molar-refractivity contribution in [3.8, 4) is 40.2 Å². The third kappa shape index (κ3) is 6.07. The Kier molecular flexibility index (Phi) is 8.31. The van der Waals surface area contributed by atoms with Gasteiger partial charge >= 0.3 is 0 Å². The van der Waals surface area contributed by atoms with Crippen molar-refractivity contribution in [1.82, 2.24) is 10.6 Å². The van der Waals surface area contributed by atoms with E-state index in [4.69, 9.17) is 18.9 Å². The van der Waals surface area contributed by atoms with Crippen LogP contribution in [-0.4, -0.2) is 44.6 Å². The summed E-state index contributed by atoms with van der Waals surface area (Å²) >= 11 is 0. The molecule has 0 spiro atoms. The average Bonchev–Trinajstić information content (AvgIpc) is 3.03. The molecule has 0 amide bonds. The van der Waals surface area contributed by atoms with E-state index in [0.29, 0.717) is 17.2 Å². The van der Waals surface area contributed by atoms with Crippen LogP contribution in [0, 0.1) is 0 Å². The van der Waals surface area contributed by atoms with Gasteiger partial charge in [0.2, 0.25) is 0 Å². The standard InChI is InChI=1S/C35H38N2O6/c1-40-32-17-23-10-12-36-28(26(23)19-31(32)39)14-21-4-7-25(8-5-21)43-33-16-22(6-9-30(33)38)15-29-27-20-35(42-3)34(41-2)18-24(27)11-13-37-29/h4-9,16-20,28-29,36-39H,10-15H2,1-3H3/t28-,29-/m1/s1. The number of ether oxygens (including phenoxy) is 4. The molecule has 2 aliphatic heterocycles. The Morgan fingerprint density at radius 3 is 1.81 bits per heavy atom. The molecule has 0 radical (unpaired) electrons. The molecule has 8 heteroatoms. The Balaban J connectivity index is 1.15. The fourth-order valence-electron chi connectivity index (χ4n) is 6.21. The lowest BCUT2D eigenvalue weighted by atomic mass is 9.89. The van der Waals surface area contributed by atoms with E-state index in [2.05, 4.69) is 22.8 Å². The molecular formula is C35H38N2O6. The molecule has 0 aromatic heterocycles. The van der Waals surface area contributed by atoms with Crippen LogP contribution >= 0.6 is 0 Å². The number of nitrogens with one attached hydrogen (secondary N) is 2. The maximum absolute atomic E-state index is 10.6. The van der Waals surface area contributed by atoms with Gasteiger partial charge in [0.1, 0.15) is 5.75 Å². The predicted octanol–water partition coefficient (Wildman–Crippen LogP) is 5.77. The summed E-state index contributed by atoms with van der Waals surface area (Å²) in [5.74, 6) is 3.28. The van der Waals surface area contributed by atoms with Crippen LogP contribution < -0.4 is 29.6 Å². The summed E-state index contributed by atoms with van der Waals surface area (Å²) in [6.45, 7) is 1.74. The second-order valence-electron chi connectivity index (χ2n) is 11.1. The summed E-state index contributed by atoms with van der Waals surface area (Å²) < 4.78 is 22.5. The lowest BCUT2D eigenvalue weighted by Crippen LogP contribution is -2.31. The van der Waals surface area contributed by atoms with E-state index in [1.807, 2.05) is 48.5 Å².